The molecule has 1 rings (SSSR count). The summed E-state index contributed by atoms with van der Waals surface area (Å²) in [5.74, 6) is -5.33. The second kappa shape index (κ2) is 5.62. The molecule has 1 aromatic rings. The number of aliphatic hydroxyl groups is 1. The van der Waals surface area contributed by atoms with E-state index in [-0.39, 0.29) is 6.42 Å². The zero-order chi connectivity index (χ0) is 14.8. The predicted molar refractivity (Wildman–Crippen MR) is 61.7 cm³/mol. The first-order valence-corrected chi connectivity index (χ1v) is 6.93. The fourth-order valence-corrected chi connectivity index (χ4v) is 2.90. The molecule has 0 fully saturated rings. The highest BCUT2D eigenvalue weighted by molar-refractivity contribution is 7.91. The van der Waals surface area contributed by atoms with Crippen LogP contribution in [0.1, 0.15) is 23.7 Å². The molecule has 0 saturated heterocycles. The summed E-state index contributed by atoms with van der Waals surface area (Å²) in [4.78, 5) is 9.68. The van der Waals surface area contributed by atoms with Crippen LogP contribution in [-0.4, -0.2) is 36.5 Å². The van der Waals surface area contributed by atoms with Gasteiger partial charge < -0.3 is 10.2 Å². The molecule has 0 radical (unpaired) electrons. The van der Waals surface area contributed by atoms with Gasteiger partial charge in [0.1, 0.15) is 4.90 Å². The minimum Gasteiger partial charge on any atom is -0.478 e. The van der Waals surface area contributed by atoms with Crippen LogP contribution >= 0.6 is 0 Å². The summed E-state index contributed by atoms with van der Waals surface area (Å²) in [6.45, 7) is 1.35. The number of carboxylic acid groups (broad SMARTS) is 1. The average Bonchev–Trinajstić information content (AvgIpc) is 2.29. The van der Waals surface area contributed by atoms with Crippen LogP contribution in [0, 0.1) is 11.6 Å². The first kappa shape index (κ1) is 15.5. The van der Waals surface area contributed by atoms with Crippen molar-refractivity contribution in [2.75, 3.05) is 5.75 Å². The monoisotopic (exact) mass is 294 g/mol. The maximum Gasteiger partial charge on any atom is 0.335 e. The molecule has 8 heteroatoms. The first-order chi connectivity index (χ1) is 8.65. The Bertz CT molecular complexity index is 595. The molecule has 5 nitrogen and oxygen atoms in total. The molecular formula is C11H12F2O5S. The van der Waals surface area contributed by atoms with Crippen molar-refractivity contribution in [3.05, 3.63) is 29.3 Å². The largest absolute Gasteiger partial charge is 0.478 e. The summed E-state index contributed by atoms with van der Waals surface area (Å²) in [6, 6.07) is 0.976. The quantitative estimate of drug-likeness (QED) is 0.851. The third-order valence-corrected chi connectivity index (χ3v) is 4.12. The van der Waals surface area contributed by atoms with E-state index in [1.54, 1.807) is 0 Å². The fraction of sp³-hybridized carbons (Fsp3) is 0.364. The Labute approximate surface area is 108 Å². The van der Waals surface area contributed by atoms with Crippen molar-refractivity contribution in [1.82, 2.24) is 0 Å². The third kappa shape index (κ3) is 3.71. The SMILES string of the molecule is CC(O)CCS(=O)(=O)c1cc(C(=O)O)cc(F)c1F. The number of hydrogen-bond acceptors (Lipinski definition) is 4. The zero-order valence-electron chi connectivity index (χ0n) is 9.93. The number of hydrogen-bond donors (Lipinski definition) is 2. The van der Waals surface area contributed by atoms with Crippen molar-refractivity contribution in [2.45, 2.75) is 24.3 Å². The number of halogens is 2. The molecule has 19 heavy (non-hydrogen) atoms. The average molecular weight is 294 g/mol. The third-order valence-electron chi connectivity index (χ3n) is 2.38. The molecule has 1 aromatic carbocycles. The standard InChI is InChI=1S/C11H12F2O5S/c1-6(14)2-3-19(17,18)9-5-7(11(15)16)4-8(12)10(9)13/h4-6,14H,2-3H2,1H3,(H,15,16). The van der Waals surface area contributed by atoms with Gasteiger partial charge >= 0.3 is 5.97 Å². The summed E-state index contributed by atoms with van der Waals surface area (Å²) in [5, 5.41) is 17.7. The van der Waals surface area contributed by atoms with Gasteiger partial charge in [0.2, 0.25) is 0 Å². The lowest BCUT2D eigenvalue weighted by molar-refractivity contribution is 0.0696. The molecule has 0 aliphatic rings. The van der Waals surface area contributed by atoms with Gasteiger partial charge in [-0.2, -0.15) is 0 Å². The Kier molecular flexibility index (Phi) is 4.59. The summed E-state index contributed by atoms with van der Waals surface area (Å²) >= 11 is 0. The maximum absolute atomic E-state index is 13.5. The van der Waals surface area contributed by atoms with Crippen LogP contribution in [0.2, 0.25) is 0 Å². The van der Waals surface area contributed by atoms with E-state index >= 15 is 0 Å². The van der Waals surface area contributed by atoms with E-state index in [0.717, 1.165) is 0 Å². The van der Waals surface area contributed by atoms with E-state index in [0.29, 0.717) is 12.1 Å². The minimum absolute atomic E-state index is 0.166. The van der Waals surface area contributed by atoms with E-state index in [1.165, 1.54) is 6.92 Å². The molecule has 0 bridgehead atoms. The highest BCUT2D eigenvalue weighted by Gasteiger charge is 2.24. The lowest BCUT2D eigenvalue weighted by Gasteiger charge is -2.08. The normalized spacial score (nSPS) is 13.3. The number of benzene rings is 1. The Hall–Kier alpha value is -1.54. The summed E-state index contributed by atoms with van der Waals surface area (Å²) in [7, 11) is -4.20. The van der Waals surface area contributed by atoms with Gasteiger partial charge in [-0.25, -0.2) is 22.0 Å². The molecule has 106 valence electrons. The van der Waals surface area contributed by atoms with Gasteiger partial charge in [-0.3, -0.25) is 0 Å². The Morgan fingerprint density at radius 3 is 2.42 bits per heavy atom. The molecule has 2 N–H and O–H groups in total. The maximum atomic E-state index is 13.5. The van der Waals surface area contributed by atoms with Crippen LogP contribution in [0.5, 0.6) is 0 Å². The first-order valence-electron chi connectivity index (χ1n) is 5.28. The molecule has 0 amide bonds. The van der Waals surface area contributed by atoms with Gasteiger partial charge in [0.15, 0.2) is 21.5 Å². The Morgan fingerprint density at radius 2 is 1.95 bits per heavy atom. The van der Waals surface area contributed by atoms with Crippen molar-refractivity contribution in [1.29, 1.82) is 0 Å². The summed E-state index contributed by atoms with van der Waals surface area (Å²) in [5.41, 5.74) is -0.658. The van der Waals surface area contributed by atoms with Gasteiger partial charge in [0.25, 0.3) is 0 Å². The molecule has 0 aliphatic carbocycles. The number of aliphatic hydroxyl groups excluding tert-OH is 1. The number of carboxylic acids is 1. The lowest BCUT2D eigenvalue weighted by Crippen LogP contribution is -2.15. The van der Waals surface area contributed by atoms with Crippen LogP contribution in [-0.2, 0) is 9.84 Å². The van der Waals surface area contributed by atoms with E-state index in [1.807, 2.05) is 0 Å². The van der Waals surface area contributed by atoms with Gasteiger partial charge in [0.05, 0.1) is 17.4 Å². The summed E-state index contributed by atoms with van der Waals surface area (Å²) < 4.78 is 50.2. The second-order valence-corrected chi connectivity index (χ2v) is 6.11. The molecule has 0 heterocycles. The van der Waals surface area contributed by atoms with Crippen molar-refractivity contribution in [3.8, 4) is 0 Å². The van der Waals surface area contributed by atoms with Crippen molar-refractivity contribution < 1.29 is 32.2 Å². The smallest absolute Gasteiger partial charge is 0.335 e. The fourth-order valence-electron chi connectivity index (χ4n) is 1.35. The summed E-state index contributed by atoms with van der Waals surface area (Å²) in [6.07, 6.45) is -1.09. The van der Waals surface area contributed by atoms with Gasteiger partial charge in [-0.05, 0) is 25.5 Å². The molecule has 0 aliphatic heterocycles. The molecular weight excluding hydrogens is 282 g/mol. The van der Waals surface area contributed by atoms with Gasteiger partial charge in [-0.1, -0.05) is 0 Å². The number of aromatic carboxylic acids is 1. The van der Waals surface area contributed by atoms with Crippen LogP contribution in [0.4, 0.5) is 8.78 Å². The van der Waals surface area contributed by atoms with E-state index in [9.17, 15) is 22.0 Å². The molecule has 1 atom stereocenters. The molecule has 0 spiro atoms. The molecule has 0 aromatic heterocycles. The van der Waals surface area contributed by atoms with Crippen LogP contribution in [0.3, 0.4) is 0 Å². The lowest BCUT2D eigenvalue weighted by atomic mass is 10.2. The minimum atomic E-state index is -4.20. The van der Waals surface area contributed by atoms with Crippen molar-refractivity contribution in [2.24, 2.45) is 0 Å². The topological polar surface area (TPSA) is 91.7 Å². The molecule has 0 saturated carbocycles. The second-order valence-electron chi connectivity index (χ2n) is 4.03. The Morgan fingerprint density at radius 1 is 1.37 bits per heavy atom. The predicted octanol–water partition coefficient (Wildman–Crippen LogP) is 1.21. The number of carbonyl (C=O) groups is 1. The van der Waals surface area contributed by atoms with Gasteiger partial charge in [0, 0.05) is 0 Å². The van der Waals surface area contributed by atoms with Crippen LogP contribution < -0.4 is 0 Å². The highest BCUT2D eigenvalue weighted by Crippen LogP contribution is 2.22. The van der Waals surface area contributed by atoms with Crippen LogP contribution in [0.25, 0.3) is 0 Å². The number of rotatable bonds is 5. The van der Waals surface area contributed by atoms with E-state index in [4.69, 9.17) is 10.2 Å². The van der Waals surface area contributed by atoms with Gasteiger partial charge in [-0.15, -0.1) is 0 Å². The zero-order valence-corrected chi connectivity index (χ0v) is 10.7. The Balaban J connectivity index is 3.29. The molecule has 1 unspecified atom stereocenters. The number of sulfone groups is 1. The highest BCUT2D eigenvalue weighted by atomic mass is 32.2. The van der Waals surface area contributed by atoms with Crippen molar-refractivity contribution in [3.63, 3.8) is 0 Å². The van der Waals surface area contributed by atoms with Crippen molar-refractivity contribution >= 4 is 15.8 Å². The van der Waals surface area contributed by atoms with Crippen LogP contribution in [0.15, 0.2) is 17.0 Å². The van der Waals surface area contributed by atoms with E-state index < -0.39 is 49.8 Å². The van der Waals surface area contributed by atoms with E-state index in [2.05, 4.69) is 0 Å².